The second-order valence-electron chi connectivity index (χ2n) is 1.29. The Labute approximate surface area is 58.9 Å². The van der Waals surface area contributed by atoms with E-state index in [0.717, 1.165) is 18.5 Å². The van der Waals surface area contributed by atoms with Crippen LogP contribution < -0.4 is 0 Å². The zero-order chi connectivity index (χ0) is 6.24. The third kappa shape index (κ3) is 6.18. The predicted octanol–water partition coefficient (Wildman–Crippen LogP) is 1.97. The third-order valence-corrected chi connectivity index (χ3v) is 1.05. The van der Waals surface area contributed by atoms with Crippen molar-refractivity contribution in [3.63, 3.8) is 0 Å². The summed E-state index contributed by atoms with van der Waals surface area (Å²) in [5.41, 5.74) is 0. The van der Waals surface area contributed by atoms with Crippen molar-refractivity contribution in [3.8, 4) is 0 Å². The lowest BCUT2D eigenvalue weighted by molar-refractivity contribution is 0.177. The largest absolute Gasteiger partial charge is 0.378 e. The Kier molecular flexibility index (Phi) is 7.34. The van der Waals surface area contributed by atoms with E-state index in [1.807, 2.05) is 19.1 Å². The van der Waals surface area contributed by atoms with Crippen molar-refractivity contribution < 1.29 is 4.74 Å². The number of ether oxygens (including phenoxy) is 1. The lowest BCUT2D eigenvalue weighted by atomic mass is 10.5. The van der Waals surface area contributed by atoms with Gasteiger partial charge in [0.15, 0.2) is 0 Å². The smallest absolute Gasteiger partial charge is 0.0647 e. The minimum Gasteiger partial charge on any atom is -0.378 e. The van der Waals surface area contributed by atoms with Crippen LogP contribution in [0.1, 0.15) is 6.92 Å². The van der Waals surface area contributed by atoms with E-state index >= 15 is 0 Å². The van der Waals surface area contributed by atoms with E-state index in [2.05, 4.69) is 15.9 Å². The van der Waals surface area contributed by atoms with Crippen molar-refractivity contribution in [1.82, 2.24) is 0 Å². The molecule has 0 N–H and O–H groups in total. The van der Waals surface area contributed by atoms with Crippen LogP contribution in [0.4, 0.5) is 0 Å². The minimum atomic E-state index is 0.738. The van der Waals surface area contributed by atoms with E-state index in [0.29, 0.717) is 0 Å². The Morgan fingerprint density at radius 2 is 2.25 bits per heavy atom. The standard InChI is InChI=1S/C6H11BrO/c1-2-8-6-4-3-5-7/h3-4H,2,5-6H2,1H3/b4-3+. The summed E-state index contributed by atoms with van der Waals surface area (Å²) in [4.78, 5) is 0. The molecular weight excluding hydrogens is 168 g/mol. The molecule has 0 fully saturated rings. The Morgan fingerprint density at radius 3 is 2.75 bits per heavy atom. The number of hydrogen-bond donors (Lipinski definition) is 0. The van der Waals surface area contributed by atoms with Crippen molar-refractivity contribution in [2.75, 3.05) is 18.5 Å². The van der Waals surface area contributed by atoms with Gasteiger partial charge in [-0.05, 0) is 6.92 Å². The number of hydrogen-bond acceptors (Lipinski definition) is 1. The van der Waals surface area contributed by atoms with Crippen LogP contribution in [0.3, 0.4) is 0 Å². The molecule has 8 heavy (non-hydrogen) atoms. The van der Waals surface area contributed by atoms with Gasteiger partial charge in [-0.2, -0.15) is 0 Å². The Bertz CT molecular complexity index is 61.5. The highest BCUT2D eigenvalue weighted by molar-refractivity contribution is 9.09. The molecule has 2 heteroatoms. The first kappa shape index (κ1) is 8.18. The minimum absolute atomic E-state index is 0.738. The molecule has 1 nitrogen and oxygen atoms in total. The Hall–Kier alpha value is 0.180. The average Bonchev–Trinajstić information content (AvgIpc) is 1.81. The maximum atomic E-state index is 5.03. The molecule has 0 atom stereocenters. The van der Waals surface area contributed by atoms with Gasteiger partial charge in [0.2, 0.25) is 0 Å². The summed E-state index contributed by atoms with van der Waals surface area (Å²) < 4.78 is 5.03. The first-order chi connectivity index (χ1) is 3.91. The van der Waals surface area contributed by atoms with Crippen molar-refractivity contribution >= 4 is 15.9 Å². The third-order valence-electron chi connectivity index (χ3n) is 0.674. The lowest BCUT2D eigenvalue weighted by Gasteiger charge is -1.90. The van der Waals surface area contributed by atoms with Crippen LogP contribution in [0.15, 0.2) is 12.2 Å². The molecule has 0 heterocycles. The molecule has 0 unspecified atom stereocenters. The fraction of sp³-hybridized carbons (Fsp3) is 0.667. The molecule has 48 valence electrons. The maximum absolute atomic E-state index is 5.03. The number of rotatable bonds is 4. The molecule has 0 rings (SSSR count). The van der Waals surface area contributed by atoms with E-state index in [1.165, 1.54) is 0 Å². The van der Waals surface area contributed by atoms with Crippen LogP contribution in [-0.4, -0.2) is 18.5 Å². The molecule has 0 radical (unpaired) electrons. The van der Waals surface area contributed by atoms with E-state index in [1.54, 1.807) is 0 Å². The van der Waals surface area contributed by atoms with Crippen LogP contribution in [0, 0.1) is 0 Å². The van der Waals surface area contributed by atoms with Crippen LogP contribution in [0.5, 0.6) is 0 Å². The van der Waals surface area contributed by atoms with Gasteiger partial charge in [0.25, 0.3) is 0 Å². The molecule has 0 aromatic carbocycles. The quantitative estimate of drug-likeness (QED) is 0.364. The summed E-state index contributed by atoms with van der Waals surface area (Å²) in [5, 5.41) is 0.917. The van der Waals surface area contributed by atoms with Gasteiger partial charge in [0.1, 0.15) is 0 Å². The highest BCUT2D eigenvalue weighted by Crippen LogP contribution is 1.81. The van der Waals surface area contributed by atoms with Gasteiger partial charge in [-0.1, -0.05) is 28.1 Å². The summed E-state index contributed by atoms with van der Waals surface area (Å²) in [6, 6.07) is 0. The molecule has 0 bridgehead atoms. The number of halogens is 1. The van der Waals surface area contributed by atoms with Crippen molar-refractivity contribution in [2.24, 2.45) is 0 Å². The van der Waals surface area contributed by atoms with Crippen LogP contribution >= 0.6 is 15.9 Å². The van der Waals surface area contributed by atoms with Gasteiger partial charge >= 0.3 is 0 Å². The molecule has 0 aliphatic carbocycles. The molecule has 0 saturated heterocycles. The first-order valence-electron chi connectivity index (χ1n) is 2.70. The van der Waals surface area contributed by atoms with Crippen LogP contribution in [0.2, 0.25) is 0 Å². The van der Waals surface area contributed by atoms with Crippen LogP contribution in [-0.2, 0) is 4.74 Å². The summed E-state index contributed by atoms with van der Waals surface area (Å²) in [6.45, 7) is 3.52. The molecule has 0 amide bonds. The molecule has 0 aromatic rings. The zero-order valence-electron chi connectivity index (χ0n) is 5.06. The summed E-state index contributed by atoms with van der Waals surface area (Å²) in [5.74, 6) is 0. The summed E-state index contributed by atoms with van der Waals surface area (Å²) in [7, 11) is 0. The van der Waals surface area contributed by atoms with Gasteiger partial charge in [0.05, 0.1) is 6.61 Å². The van der Waals surface area contributed by atoms with E-state index < -0.39 is 0 Å². The zero-order valence-corrected chi connectivity index (χ0v) is 6.65. The number of allylic oxidation sites excluding steroid dienone is 1. The van der Waals surface area contributed by atoms with E-state index in [-0.39, 0.29) is 0 Å². The van der Waals surface area contributed by atoms with Gasteiger partial charge in [-0.15, -0.1) is 0 Å². The topological polar surface area (TPSA) is 9.23 Å². The second kappa shape index (κ2) is 7.18. The van der Waals surface area contributed by atoms with Gasteiger partial charge in [-0.3, -0.25) is 0 Å². The lowest BCUT2D eigenvalue weighted by Crippen LogP contribution is -1.87. The SMILES string of the molecule is CCOC/C=C/CBr. The Morgan fingerprint density at radius 1 is 1.50 bits per heavy atom. The van der Waals surface area contributed by atoms with Crippen molar-refractivity contribution in [2.45, 2.75) is 6.92 Å². The highest BCUT2D eigenvalue weighted by atomic mass is 79.9. The fourth-order valence-corrected chi connectivity index (χ4v) is 0.581. The molecule has 0 aliphatic rings. The van der Waals surface area contributed by atoms with Crippen molar-refractivity contribution in [1.29, 1.82) is 0 Å². The predicted molar refractivity (Wildman–Crippen MR) is 39.4 cm³/mol. The second-order valence-corrected chi connectivity index (χ2v) is 1.93. The van der Waals surface area contributed by atoms with Gasteiger partial charge in [-0.25, -0.2) is 0 Å². The average molecular weight is 179 g/mol. The fourth-order valence-electron chi connectivity index (χ4n) is 0.317. The van der Waals surface area contributed by atoms with Crippen molar-refractivity contribution in [3.05, 3.63) is 12.2 Å². The molecule has 0 spiro atoms. The maximum Gasteiger partial charge on any atom is 0.0647 e. The van der Waals surface area contributed by atoms with Gasteiger partial charge in [0, 0.05) is 11.9 Å². The first-order valence-corrected chi connectivity index (χ1v) is 3.82. The molecule has 0 saturated carbocycles. The van der Waals surface area contributed by atoms with E-state index in [4.69, 9.17) is 4.74 Å². The Balaban J connectivity index is 2.80. The molecular formula is C6H11BrO. The van der Waals surface area contributed by atoms with E-state index in [9.17, 15) is 0 Å². The summed E-state index contributed by atoms with van der Waals surface area (Å²) >= 11 is 3.26. The highest BCUT2D eigenvalue weighted by Gasteiger charge is 1.72. The normalized spacial score (nSPS) is 10.8. The van der Waals surface area contributed by atoms with Crippen LogP contribution in [0.25, 0.3) is 0 Å². The summed E-state index contributed by atoms with van der Waals surface area (Å²) in [6.07, 6.45) is 4.02. The number of alkyl halides is 1. The molecule has 0 aliphatic heterocycles. The monoisotopic (exact) mass is 178 g/mol. The molecule has 0 aromatic heterocycles. The van der Waals surface area contributed by atoms with Gasteiger partial charge < -0.3 is 4.74 Å².